The Morgan fingerprint density at radius 2 is 1.48 bits per heavy atom. The smallest absolute Gasteiger partial charge is 0.326 e. The van der Waals surface area contributed by atoms with Gasteiger partial charge in [-0.1, -0.05) is 13.8 Å². The molecule has 0 spiro atoms. The Hall–Kier alpha value is -3.24. The summed E-state index contributed by atoms with van der Waals surface area (Å²) in [7, 11) is -2.12. The number of hydrogen-bond donors (Lipinski definition) is 1. The van der Waals surface area contributed by atoms with Gasteiger partial charge in [0.2, 0.25) is 15.8 Å². The Bertz CT molecular complexity index is 1080. The second-order valence-electron chi connectivity index (χ2n) is 7.02. The molecule has 2 aromatic carbocycles. The molecule has 0 aliphatic heterocycles. The van der Waals surface area contributed by atoms with E-state index in [-0.39, 0.29) is 16.2 Å². The third-order valence-electron chi connectivity index (χ3n) is 4.90. The number of esters is 1. The molecule has 0 radical (unpaired) electrons. The van der Waals surface area contributed by atoms with Gasteiger partial charge in [-0.15, -0.1) is 0 Å². The molecule has 0 saturated heterocycles. The van der Waals surface area contributed by atoms with E-state index in [1.165, 1.54) is 42.6 Å². The summed E-state index contributed by atoms with van der Waals surface area (Å²) < 4.78 is 36.5. The highest BCUT2D eigenvalue weighted by atomic mass is 32.2. The Kier molecular flexibility index (Phi) is 9.12. The van der Waals surface area contributed by atoms with Gasteiger partial charge in [0.25, 0.3) is 5.91 Å². The standard InChI is InChI=1S/C23H28N2O7S/c1-5-25(6-2)33(29,30)20-13-9-18(10-14-20)23(28)24-15-21(26)32-16(3)22(27)17-7-11-19(31-4)12-8-17/h7-14,16H,5-6,15H2,1-4H3,(H,24,28). The van der Waals surface area contributed by atoms with Gasteiger partial charge in [0.1, 0.15) is 12.3 Å². The van der Waals surface area contributed by atoms with Gasteiger partial charge in [-0.3, -0.25) is 14.4 Å². The lowest BCUT2D eigenvalue weighted by Crippen LogP contribution is -2.34. The van der Waals surface area contributed by atoms with Crippen LogP contribution in [0.15, 0.2) is 53.4 Å². The van der Waals surface area contributed by atoms with E-state index in [4.69, 9.17) is 9.47 Å². The number of amides is 1. The van der Waals surface area contributed by atoms with Gasteiger partial charge in [0.05, 0.1) is 12.0 Å². The van der Waals surface area contributed by atoms with Crippen molar-refractivity contribution in [2.45, 2.75) is 31.8 Å². The molecule has 0 aliphatic carbocycles. The van der Waals surface area contributed by atoms with E-state index < -0.39 is 34.5 Å². The number of Topliss-reactive ketones (excluding diaryl/α,β-unsaturated/α-hetero) is 1. The van der Waals surface area contributed by atoms with Crippen molar-refractivity contribution in [1.29, 1.82) is 0 Å². The number of sulfonamides is 1. The maximum absolute atomic E-state index is 12.5. The van der Waals surface area contributed by atoms with Gasteiger partial charge >= 0.3 is 5.97 Å². The van der Waals surface area contributed by atoms with Gasteiger partial charge in [-0.2, -0.15) is 4.31 Å². The number of nitrogens with one attached hydrogen (secondary N) is 1. The summed E-state index contributed by atoms with van der Waals surface area (Å²) in [6.07, 6.45) is -1.03. The third-order valence-corrected chi connectivity index (χ3v) is 6.97. The van der Waals surface area contributed by atoms with Gasteiger partial charge in [0.15, 0.2) is 6.10 Å². The first-order chi connectivity index (χ1) is 15.6. The van der Waals surface area contributed by atoms with Gasteiger partial charge < -0.3 is 14.8 Å². The number of ketones is 1. The van der Waals surface area contributed by atoms with Crippen LogP contribution in [0.1, 0.15) is 41.5 Å². The minimum absolute atomic E-state index is 0.0769. The molecule has 2 aromatic rings. The average Bonchev–Trinajstić information content (AvgIpc) is 2.82. The lowest BCUT2D eigenvalue weighted by atomic mass is 10.1. The van der Waals surface area contributed by atoms with Crippen LogP contribution in [0.25, 0.3) is 0 Å². The molecule has 0 aliphatic rings. The monoisotopic (exact) mass is 476 g/mol. The molecule has 0 bridgehead atoms. The Morgan fingerprint density at radius 1 is 0.939 bits per heavy atom. The highest BCUT2D eigenvalue weighted by Crippen LogP contribution is 2.16. The number of benzene rings is 2. The number of ether oxygens (including phenoxy) is 2. The molecule has 2 rings (SSSR count). The normalized spacial score (nSPS) is 12.2. The van der Waals surface area contributed by atoms with E-state index >= 15 is 0 Å². The lowest BCUT2D eigenvalue weighted by molar-refractivity contribution is -0.145. The fourth-order valence-corrected chi connectivity index (χ4v) is 4.49. The summed E-state index contributed by atoms with van der Waals surface area (Å²) in [4.78, 5) is 36.8. The van der Waals surface area contributed by atoms with Crippen LogP contribution in [0.4, 0.5) is 0 Å². The molecule has 1 atom stereocenters. The molecule has 0 heterocycles. The van der Waals surface area contributed by atoms with Crippen molar-refractivity contribution in [2.24, 2.45) is 0 Å². The largest absolute Gasteiger partial charge is 0.497 e. The number of carbonyl (C=O) groups excluding carboxylic acids is 3. The van der Waals surface area contributed by atoms with Crippen molar-refractivity contribution in [2.75, 3.05) is 26.7 Å². The highest BCUT2D eigenvalue weighted by Gasteiger charge is 2.22. The molecule has 0 saturated carbocycles. The summed E-state index contributed by atoms with van der Waals surface area (Å²) in [6.45, 7) is 5.16. The summed E-state index contributed by atoms with van der Waals surface area (Å²) in [5.74, 6) is -1.15. The van der Waals surface area contributed by atoms with E-state index in [0.717, 1.165) is 0 Å². The Balaban J connectivity index is 1.91. The zero-order chi connectivity index (χ0) is 24.6. The minimum atomic E-state index is -3.63. The number of carbonyl (C=O) groups is 3. The fraction of sp³-hybridized carbons (Fsp3) is 0.348. The van der Waals surface area contributed by atoms with Crippen molar-refractivity contribution in [1.82, 2.24) is 9.62 Å². The molecule has 178 valence electrons. The molecule has 10 heteroatoms. The van der Waals surface area contributed by atoms with Crippen molar-refractivity contribution >= 4 is 27.7 Å². The maximum atomic E-state index is 12.5. The van der Waals surface area contributed by atoms with E-state index in [1.807, 2.05) is 0 Å². The van der Waals surface area contributed by atoms with Crippen molar-refractivity contribution in [3.8, 4) is 5.75 Å². The SMILES string of the molecule is CCN(CC)S(=O)(=O)c1ccc(C(=O)NCC(=O)OC(C)C(=O)c2ccc(OC)cc2)cc1. The molecule has 1 amide bonds. The molecule has 0 fully saturated rings. The Labute approximate surface area is 193 Å². The van der Waals surface area contributed by atoms with Crippen LogP contribution in [0, 0.1) is 0 Å². The van der Waals surface area contributed by atoms with Crippen molar-refractivity contribution in [3.05, 3.63) is 59.7 Å². The second kappa shape index (κ2) is 11.6. The topological polar surface area (TPSA) is 119 Å². The third kappa shape index (κ3) is 6.62. The zero-order valence-corrected chi connectivity index (χ0v) is 19.8. The van der Waals surface area contributed by atoms with Crippen LogP contribution in [0.3, 0.4) is 0 Å². The fourth-order valence-electron chi connectivity index (χ4n) is 3.03. The number of hydrogen-bond acceptors (Lipinski definition) is 7. The van der Waals surface area contributed by atoms with Crippen LogP contribution in [-0.2, 0) is 19.6 Å². The molecule has 1 N–H and O–H groups in total. The van der Waals surface area contributed by atoms with E-state index in [1.54, 1.807) is 38.1 Å². The zero-order valence-electron chi connectivity index (χ0n) is 19.0. The minimum Gasteiger partial charge on any atom is -0.497 e. The van der Waals surface area contributed by atoms with E-state index in [0.29, 0.717) is 24.4 Å². The van der Waals surface area contributed by atoms with Crippen LogP contribution in [0.5, 0.6) is 5.75 Å². The number of nitrogens with zero attached hydrogens (tertiary/aromatic N) is 1. The summed E-state index contributed by atoms with van der Waals surface area (Å²) >= 11 is 0. The molecule has 0 aromatic heterocycles. The molecular weight excluding hydrogens is 448 g/mol. The predicted molar refractivity (Wildman–Crippen MR) is 122 cm³/mol. The number of methoxy groups -OCH3 is 1. The van der Waals surface area contributed by atoms with Gasteiger partial charge in [-0.25, -0.2) is 8.42 Å². The molecule has 1 unspecified atom stereocenters. The summed E-state index contributed by atoms with van der Waals surface area (Å²) in [5.41, 5.74) is 0.545. The highest BCUT2D eigenvalue weighted by molar-refractivity contribution is 7.89. The predicted octanol–water partition coefficient (Wildman–Crippen LogP) is 2.27. The molecular formula is C23H28N2O7S. The van der Waals surface area contributed by atoms with Gasteiger partial charge in [-0.05, 0) is 55.5 Å². The lowest BCUT2D eigenvalue weighted by Gasteiger charge is -2.18. The van der Waals surface area contributed by atoms with Crippen LogP contribution < -0.4 is 10.1 Å². The van der Waals surface area contributed by atoms with Crippen molar-refractivity contribution < 1.29 is 32.3 Å². The quantitative estimate of drug-likeness (QED) is 0.390. The molecule has 9 nitrogen and oxygen atoms in total. The first-order valence-electron chi connectivity index (χ1n) is 10.4. The van der Waals surface area contributed by atoms with E-state index in [2.05, 4.69) is 5.32 Å². The maximum Gasteiger partial charge on any atom is 0.326 e. The first kappa shape index (κ1) is 26.0. The second-order valence-corrected chi connectivity index (χ2v) is 8.96. The van der Waals surface area contributed by atoms with Crippen LogP contribution >= 0.6 is 0 Å². The molecule has 33 heavy (non-hydrogen) atoms. The number of rotatable bonds is 11. The van der Waals surface area contributed by atoms with E-state index in [9.17, 15) is 22.8 Å². The summed E-state index contributed by atoms with van der Waals surface area (Å²) in [6, 6.07) is 11.8. The first-order valence-corrected chi connectivity index (χ1v) is 11.8. The van der Waals surface area contributed by atoms with Crippen LogP contribution in [0.2, 0.25) is 0 Å². The van der Waals surface area contributed by atoms with Crippen LogP contribution in [-0.4, -0.2) is 63.2 Å². The van der Waals surface area contributed by atoms with Crippen molar-refractivity contribution in [3.63, 3.8) is 0 Å². The van der Waals surface area contributed by atoms with Gasteiger partial charge in [0, 0.05) is 24.2 Å². The average molecular weight is 477 g/mol. The summed E-state index contributed by atoms with van der Waals surface area (Å²) in [5, 5.41) is 2.40. The Morgan fingerprint density at radius 3 is 2.00 bits per heavy atom.